The molecule has 0 aliphatic carbocycles. The highest BCUT2D eigenvalue weighted by molar-refractivity contribution is 5.48. The van der Waals surface area contributed by atoms with Crippen LogP contribution >= 0.6 is 0 Å². The zero-order valence-electron chi connectivity index (χ0n) is 8.54. The minimum Gasteiger partial charge on any atom is -0.398 e. The first-order valence-corrected chi connectivity index (χ1v) is 4.53. The average molecular weight is 178 g/mol. The second-order valence-corrected chi connectivity index (χ2v) is 4.47. The van der Waals surface area contributed by atoms with Crippen molar-refractivity contribution in [3.63, 3.8) is 0 Å². The van der Waals surface area contributed by atoms with Crippen molar-refractivity contribution in [1.29, 1.82) is 0 Å². The van der Waals surface area contributed by atoms with Crippen LogP contribution in [-0.2, 0) is 0 Å². The maximum absolute atomic E-state index is 6.09. The zero-order valence-corrected chi connectivity index (χ0v) is 8.54. The molecule has 0 aliphatic heterocycles. The van der Waals surface area contributed by atoms with Crippen LogP contribution in [0.3, 0.4) is 0 Å². The third kappa shape index (κ3) is 2.22. The lowest BCUT2D eigenvalue weighted by Gasteiger charge is -2.28. The van der Waals surface area contributed by atoms with Crippen LogP contribution in [0.25, 0.3) is 0 Å². The van der Waals surface area contributed by atoms with Crippen molar-refractivity contribution in [2.24, 2.45) is 11.1 Å². The van der Waals surface area contributed by atoms with E-state index in [9.17, 15) is 0 Å². The Kier molecular flexibility index (Phi) is 2.62. The lowest BCUT2D eigenvalue weighted by atomic mass is 9.82. The van der Waals surface area contributed by atoms with E-state index in [1.54, 1.807) is 0 Å². The summed E-state index contributed by atoms with van der Waals surface area (Å²) in [6.07, 6.45) is 0. The summed E-state index contributed by atoms with van der Waals surface area (Å²) in [4.78, 5) is 0. The predicted molar refractivity (Wildman–Crippen MR) is 57.2 cm³/mol. The Hall–Kier alpha value is -1.02. The number of benzene rings is 1. The first-order valence-electron chi connectivity index (χ1n) is 4.53. The summed E-state index contributed by atoms with van der Waals surface area (Å²) in [6, 6.07) is 7.77. The van der Waals surface area contributed by atoms with Gasteiger partial charge < -0.3 is 11.5 Å². The van der Waals surface area contributed by atoms with E-state index in [4.69, 9.17) is 11.5 Å². The number of para-hydroxylation sites is 1. The number of nitrogen functional groups attached to an aromatic ring is 1. The second-order valence-electron chi connectivity index (χ2n) is 4.47. The largest absolute Gasteiger partial charge is 0.398 e. The molecule has 0 radical (unpaired) electrons. The van der Waals surface area contributed by atoms with Crippen LogP contribution < -0.4 is 11.5 Å². The standard InChI is InChI=1S/C11H18N2/c1-11(2,3)10(13)8-6-4-5-7-9(8)12/h4-7,10H,12-13H2,1-3H3. The van der Waals surface area contributed by atoms with E-state index >= 15 is 0 Å². The minimum atomic E-state index is -0.00583. The van der Waals surface area contributed by atoms with Crippen LogP contribution in [0, 0.1) is 5.41 Å². The number of nitrogens with two attached hydrogens (primary N) is 2. The highest BCUT2D eigenvalue weighted by Crippen LogP contribution is 2.32. The van der Waals surface area contributed by atoms with Gasteiger partial charge in [0.05, 0.1) is 0 Å². The quantitative estimate of drug-likeness (QED) is 0.648. The molecule has 1 atom stereocenters. The molecule has 0 fully saturated rings. The van der Waals surface area contributed by atoms with Gasteiger partial charge in [0.1, 0.15) is 0 Å². The van der Waals surface area contributed by atoms with E-state index in [2.05, 4.69) is 20.8 Å². The summed E-state index contributed by atoms with van der Waals surface area (Å²) in [5.41, 5.74) is 13.8. The maximum atomic E-state index is 6.09. The molecule has 2 nitrogen and oxygen atoms in total. The van der Waals surface area contributed by atoms with Gasteiger partial charge in [0, 0.05) is 11.7 Å². The number of hydrogen-bond acceptors (Lipinski definition) is 2. The summed E-state index contributed by atoms with van der Waals surface area (Å²) in [6.45, 7) is 6.35. The Morgan fingerprint density at radius 3 is 2.15 bits per heavy atom. The van der Waals surface area contributed by atoms with E-state index in [0.29, 0.717) is 0 Å². The van der Waals surface area contributed by atoms with Crippen LogP contribution in [0.1, 0.15) is 32.4 Å². The van der Waals surface area contributed by atoms with Gasteiger partial charge in [0.25, 0.3) is 0 Å². The van der Waals surface area contributed by atoms with Crippen molar-refractivity contribution >= 4 is 5.69 Å². The molecule has 0 aliphatic rings. The fourth-order valence-corrected chi connectivity index (χ4v) is 1.26. The van der Waals surface area contributed by atoms with Crippen LogP contribution in [0.15, 0.2) is 24.3 Å². The van der Waals surface area contributed by atoms with E-state index < -0.39 is 0 Å². The SMILES string of the molecule is CC(C)(C)C(N)c1ccccc1N. The lowest BCUT2D eigenvalue weighted by molar-refractivity contribution is 0.327. The van der Waals surface area contributed by atoms with Gasteiger partial charge in [-0.05, 0) is 17.0 Å². The molecular formula is C11H18N2. The maximum Gasteiger partial charge on any atom is 0.0364 e. The summed E-state index contributed by atoms with van der Waals surface area (Å²) < 4.78 is 0. The topological polar surface area (TPSA) is 52.0 Å². The van der Waals surface area contributed by atoms with E-state index in [1.165, 1.54) is 0 Å². The van der Waals surface area contributed by atoms with Gasteiger partial charge in [-0.2, -0.15) is 0 Å². The molecule has 1 unspecified atom stereocenters. The predicted octanol–water partition coefficient (Wildman–Crippen LogP) is 2.31. The molecule has 72 valence electrons. The Labute approximate surface area is 79.9 Å². The van der Waals surface area contributed by atoms with Gasteiger partial charge in [-0.3, -0.25) is 0 Å². The smallest absolute Gasteiger partial charge is 0.0364 e. The molecule has 13 heavy (non-hydrogen) atoms. The third-order valence-electron chi connectivity index (χ3n) is 2.26. The van der Waals surface area contributed by atoms with Crippen molar-refractivity contribution in [3.05, 3.63) is 29.8 Å². The second kappa shape index (κ2) is 3.38. The van der Waals surface area contributed by atoms with Crippen LogP contribution in [-0.4, -0.2) is 0 Å². The molecule has 1 aromatic rings. The molecular weight excluding hydrogens is 160 g/mol. The minimum absolute atomic E-state index is 0.00583. The van der Waals surface area contributed by atoms with Crippen molar-refractivity contribution < 1.29 is 0 Å². The number of hydrogen-bond donors (Lipinski definition) is 2. The Morgan fingerprint density at radius 2 is 1.69 bits per heavy atom. The van der Waals surface area contributed by atoms with Crippen molar-refractivity contribution in [1.82, 2.24) is 0 Å². The number of rotatable bonds is 1. The highest BCUT2D eigenvalue weighted by Gasteiger charge is 2.23. The van der Waals surface area contributed by atoms with Gasteiger partial charge in [0.15, 0.2) is 0 Å². The van der Waals surface area contributed by atoms with Crippen molar-refractivity contribution in [3.8, 4) is 0 Å². The molecule has 0 aromatic heterocycles. The van der Waals surface area contributed by atoms with E-state index in [1.807, 2.05) is 24.3 Å². The van der Waals surface area contributed by atoms with Gasteiger partial charge in [-0.25, -0.2) is 0 Å². The van der Waals surface area contributed by atoms with Crippen LogP contribution in [0.5, 0.6) is 0 Å². The molecule has 0 spiro atoms. The summed E-state index contributed by atoms with van der Waals surface area (Å²) in [5.74, 6) is 0. The molecule has 2 heteroatoms. The Bertz CT molecular complexity index is 286. The fraction of sp³-hybridized carbons (Fsp3) is 0.455. The molecule has 0 amide bonds. The highest BCUT2D eigenvalue weighted by atomic mass is 14.7. The van der Waals surface area contributed by atoms with Crippen LogP contribution in [0.4, 0.5) is 5.69 Å². The van der Waals surface area contributed by atoms with Gasteiger partial charge in [-0.1, -0.05) is 39.0 Å². The Balaban J connectivity index is 3.02. The van der Waals surface area contributed by atoms with Gasteiger partial charge >= 0.3 is 0 Å². The molecule has 0 bridgehead atoms. The molecule has 4 N–H and O–H groups in total. The number of anilines is 1. The zero-order chi connectivity index (χ0) is 10.1. The van der Waals surface area contributed by atoms with Crippen LogP contribution in [0.2, 0.25) is 0 Å². The van der Waals surface area contributed by atoms with Gasteiger partial charge in [-0.15, -0.1) is 0 Å². The molecule has 1 rings (SSSR count). The molecule has 0 saturated heterocycles. The van der Waals surface area contributed by atoms with Crippen molar-refractivity contribution in [2.75, 3.05) is 5.73 Å². The lowest BCUT2D eigenvalue weighted by Crippen LogP contribution is -2.26. The average Bonchev–Trinajstić information content (AvgIpc) is 2.02. The summed E-state index contributed by atoms with van der Waals surface area (Å²) in [7, 11) is 0. The normalized spacial score (nSPS) is 14.2. The molecule has 0 heterocycles. The molecule has 0 saturated carbocycles. The fourth-order valence-electron chi connectivity index (χ4n) is 1.26. The Morgan fingerprint density at radius 1 is 1.15 bits per heavy atom. The van der Waals surface area contributed by atoms with Crippen molar-refractivity contribution in [2.45, 2.75) is 26.8 Å². The monoisotopic (exact) mass is 178 g/mol. The van der Waals surface area contributed by atoms with Gasteiger partial charge in [0.2, 0.25) is 0 Å². The molecule has 1 aromatic carbocycles. The summed E-state index contributed by atoms with van der Waals surface area (Å²) >= 11 is 0. The first kappa shape index (κ1) is 10.1. The third-order valence-corrected chi connectivity index (χ3v) is 2.26. The summed E-state index contributed by atoms with van der Waals surface area (Å²) in [5, 5.41) is 0. The van der Waals surface area contributed by atoms with E-state index in [-0.39, 0.29) is 11.5 Å². The first-order chi connectivity index (χ1) is 5.93. The van der Waals surface area contributed by atoms with E-state index in [0.717, 1.165) is 11.3 Å².